The molecule has 2 aliphatic rings. The van der Waals surface area contributed by atoms with E-state index >= 15 is 0 Å². The molecule has 5 nitrogen and oxygen atoms in total. The smallest absolute Gasteiger partial charge is 0.309 e. The molecule has 0 aromatic rings. The van der Waals surface area contributed by atoms with Crippen molar-refractivity contribution < 1.29 is 25.2 Å². The second kappa shape index (κ2) is 13.5. The number of rotatable bonds is 8. The van der Waals surface area contributed by atoms with Crippen molar-refractivity contribution in [1.82, 2.24) is 0 Å². The first-order valence-corrected chi connectivity index (χ1v) is 10.4. The topological polar surface area (TPSA) is 98.5 Å². The van der Waals surface area contributed by atoms with Gasteiger partial charge in [-0.25, -0.2) is 0 Å². The summed E-state index contributed by atoms with van der Waals surface area (Å²) in [4.78, 5) is 12.4. The number of esters is 1. The molecule has 2 aliphatic carbocycles. The van der Waals surface area contributed by atoms with E-state index in [1.54, 1.807) is 0 Å². The number of hydrogen-bond acceptors (Lipinski definition) is 3. The average Bonchev–Trinajstić information content (AvgIpc) is 2.57. The van der Waals surface area contributed by atoms with Crippen LogP contribution in [0.25, 0.3) is 0 Å². The zero-order chi connectivity index (χ0) is 17.4. The standard InChI is InChI=1S/C21H38O3.2H2O/c1-4-5-6-7-17-8-12-20(13-9-17)24-21(22)18-10-14-19(15-11-18)23-16(2)3;;/h16-20H,4-15H2,1-3H3;2*1H2. The Labute approximate surface area is 159 Å². The lowest BCUT2D eigenvalue weighted by molar-refractivity contribution is -0.158. The highest BCUT2D eigenvalue weighted by molar-refractivity contribution is 5.72. The van der Waals surface area contributed by atoms with Crippen molar-refractivity contribution in [1.29, 1.82) is 0 Å². The Morgan fingerprint density at radius 3 is 2.00 bits per heavy atom. The van der Waals surface area contributed by atoms with Crippen LogP contribution in [0.1, 0.15) is 97.8 Å². The van der Waals surface area contributed by atoms with Gasteiger partial charge in [0, 0.05) is 0 Å². The summed E-state index contributed by atoms with van der Waals surface area (Å²) in [5.74, 6) is 1.04. The van der Waals surface area contributed by atoms with Crippen LogP contribution in [0.3, 0.4) is 0 Å². The average molecular weight is 375 g/mol. The molecule has 0 heterocycles. The van der Waals surface area contributed by atoms with Gasteiger partial charge in [0.05, 0.1) is 18.1 Å². The molecule has 0 spiro atoms. The molecule has 156 valence electrons. The first-order chi connectivity index (χ1) is 11.6. The fourth-order valence-electron chi connectivity index (χ4n) is 4.30. The molecule has 0 unspecified atom stereocenters. The maximum atomic E-state index is 12.4. The highest BCUT2D eigenvalue weighted by atomic mass is 16.5. The molecule has 0 aliphatic heterocycles. The van der Waals surface area contributed by atoms with Crippen LogP contribution in [-0.2, 0) is 14.3 Å². The van der Waals surface area contributed by atoms with E-state index in [1.165, 1.54) is 38.5 Å². The molecule has 0 bridgehead atoms. The molecule has 2 fully saturated rings. The quantitative estimate of drug-likeness (QED) is 0.474. The van der Waals surface area contributed by atoms with Gasteiger partial charge in [0.25, 0.3) is 0 Å². The Balaban J connectivity index is 0.00000312. The van der Waals surface area contributed by atoms with Crippen molar-refractivity contribution in [3.63, 3.8) is 0 Å². The second-order valence-corrected chi connectivity index (χ2v) is 8.23. The van der Waals surface area contributed by atoms with E-state index < -0.39 is 0 Å². The predicted molar refractivity (Wildman–Crippen MR) is 105 cm³/mol. The molecule has 0 saturated heterocycles. The number of carbonyl (C=O) groups is 1. The summed E-state index contributed by atoms with van der Waals surface area (Å²) in [7, 11) is 0. The van der Waals surface area contributed by atoms with Gasteiger partial charge in [-0.3, -0.25) is 4.79 Å². The van der Waals surface area contributed by atoms with E-state index in [9.17, 15) is 4.79 Å². The molecule has 4 N–H and O–H groups in total. The number of ether oxygens (including phenoxy) is 2. The van der Waals surface area contributed by atoms with Gasteiger partial charge in [-0.05, 0) is 71.1 Å². The molecule has 0 atom stereocenters. The summed E-state index contributed by atoms with van der Waals surface area (Å²) < 4.78 is 11.7. The van der Waals surface area contributed by atoms with Gasteiger partial charge in [-0.2, -0.15) is 0 Å². The molecule has 0 amide bonds. The Morgan fingerprint density at radius 1 is 0.885 bits per heavy atom. The molecule has 0 aromatic heterocycles. The van der Waals surface area contributed by atoms with Gasteiger partial charge >= 0.3 is 5.97 Å². The van der Waals surface area contributed by atoms with E-state index in [4.69, 9.17) is 9.47 Å². The zero-order valence-electron chi connectivity index (χ0n) is 17.1. The van der Waals surface area contributed by atoms with Crippen molar-refractivity contribution in [3.8, 4) is 0 Å². The highest BCUT2D eigenvalue weighted by Gasteiger charge is 2.31. The third-order valence-electron chi connectivity index (χ3n) is 5.76. The lowest BCUT2D eigenvalue weighted by atomic mass is 9.83. The minimum absolute atomic E-state index is 0. The van der Waals surface area contributed by atoms with Crippen molar-refractivity contribution >= 4 is 5.97 Å². The molecule has 5 heteroatoms. The molecule has 26 heavy (non-hydrogen) atoms. The van der Waals surface area contributed by atoms with Gasteiger partial charge in [-0.1, -0.05) is 32.6 Å². The summed E-state index contributed by atoms with van der Waals surface area (Å²) in [6.45, 7) is 6.43. The van der Waals surface area contributed by atoms with Crippen LogP contribution in [0.5, 0.6) is 0 Å². The van der Waals surface area contributed by atoms with Gasteiger partial charge < -0.3 is 20.4 Å². The summed E-state index contributed by atoms with van der Waals surface area (Å²) in [5, 5.41) is 0. The first-order valence-electron chi connectivity index (χ1n) is 10.4. The first kappa shape index (κ1) is 25.4. The van der Waals surface area contributed by atoms with Crippen LogP contribution in [0.15, 0.2) is 0 Å². The van der Waals surface area contributed by atoms with Crippen molar-refractivity contribution in [3.05, 3.63) is 0 Å². The molecular weight excluding hydrogens is 332 g/mol. The normalized spacial score (nSPS) is 28.8. The second-order valence-electron chi connectivity index (χ2n) is 8.23. The molecule has 0 aromatic carbocycles. The van der Waals surface area contributed by atoms with Gasteiger partial charge in [-0.15, -0.1) is 0 Å². The Morgan fingerprint density at radius 2 is 1.46 bits per heavy atom. The summed E-state index contributed by atoms with van der Waals surface area (Å²) in [6.07, 6.45) is 14.7. The maximum Gasteiger partial charge on any atom is 0.309 e. The van der Waals surface area contributed by atoms with Crippen LogP contribution in [-0.4, -0.2) is 35.2 Å². The predicted octanol–water partition coefficient (Wildman–Crippen LogP) is 4.00. The number of hydrogen-bond donors (Lipinski definition) is 0. The van der Waals surface area contributed by atoms with E-state index in [1.807, 2.05) is 0 Å². The van der Waals surface area contributed by atoms with E-state index in [-0.39, 0.29) is 35.0 Å². The highest BCUT2D eigenvalue weighted by Crippen LogP contribution is 2.32. The van der Waals surface area contributed by atoms with Crippen LogP contribution in [0.2, 0.25) is 0 Å². The summed E-state index contributed by atoms with van der Waals surface area (Å²) >= 11 is 0. The summed E-state index contributed by atoms with van der Waals surface area (Å²) in [6, 6.07) is 0. The van der Waals surface area contributed by atoms with Crippen LogP contribution in [0, 0.1) is 11.8 Å². The van der Waals surface area contributed by atoms with E-state index in [2.05, 4.69) is 20.8 Å². The molecule has 0 radical (unpaired) electrons. The Bertz CT molecular complexity index is 355. The molecular formula is C21H42O5. The summed E-state index contributed by atoms with van der Waals surface area (Å²) in [5.41, 5.74) is 0. The monoisotopic (exact) mass is 374 g/mol. The minimum Gasteiger partial charge on any atom is -0.462 e. The molecule has 2 rings (SSSR count). The van der Waals surface area contributed by atoms with E-state index in [0.29, 0.717) is 6.10 Å². The van der Waals surface area contributed by atoms with Crippen molar-refractivity contribution in [2.45, 2.75) is 116 Å². The van der Waals surface area contributed by atoms with Gasteiger partial charge in [0.1, 0.15) is 6.10 Å². The maximum absolute atomic E-state index is 12.4. The van der Waals surface area contributed by atoms with Crippen molar-refractivity contribution in [2.75, 3.05) is 0 Å². The fraction of sp³-hybridized carbons (Fsp3) is 0.952. The largest absolute Gasteiger partial charge is 0.462 e. The number of carbonyl (C=O) groups excluding carboxylic acids is 1. The van der Waals surface area contributed by atoms with Crippen LogP contribution in [0.4, 0.5) is 0 Å². The Hall–Kier alpha value is -0.650. The lowest BCUT2D eigenvalue weighted by Gasteiger charge is -2.32. The van der Waals surface area contributed by atoms with E-state index in [0.717, 1.165) is 44.4 Å². The van der Waals surface area contributed by atoms with Crippen molar-refractivity contribution in [2.24, 2.45) is 11.8 Å². The molecule has 2 saturated carbocycles. The number of unbranched alkanes of at least 4 members (excludes halogenated alkanes) is 2. The van der Waals surface area contributed by atoms with Gasteiger partial charge in [0.15, 0.2) is 0 Å². The van der Waals surface area contributed by atoms with Crippen LogP contribution >= 0.6 is 0 Å². The van der Waals surface area contributed by atoms with Crippen LogP contribution < -0.4 is 0 Å². The third kappa shape index (κ3) is 8.83. The fourth-order valence-corrected chi connectivity index (χ4v) is 4.30. The Kier molecular flexibility index (Phi) is 13.2. The minimum atomic E-state index is 0. The SMILES string of the molecule is CCCCCC1CCC(OC(=O)C2CCC(OC(C)C)CC2)CC1.O.O. The third-order valence-corrected chi connectivity index (χ3v) is 5.76. The lowest BCUT2D eigenvalue weighted by Crippen LogP contribution is -2.32. The zero-order valence-corrected chi connectivity index (χ0v) is 17.1. The van der Waals surface area contributed by atoms with Gasteiger partial charge in [0.2, 0.25) is 0 Å².